The zero-order chi connectivity index (χ0) is 11.4. The van der Waals surface area contributed by atoms with E-state index in [0.717, 1.165) is 18.7 Å². The first-order chi connectivity index (χ1) is 7.79. The van der Waals surface area contributed by atoms with Crippen molar-refractivity contribution in [3.05, 3.63) is 43.8 Å². The van der Waals surface area contributed by atoms with Gasteiger partial charge in [0.1, 0.15) is 6.07 Å². The summed E-state index contributed by atoms with van der Waals surface area (Å²) in [6.07, 6.45) is 0. The van der Waals surface area contributed by atoms with Crippen LogP contribution in [0.2, 0.25) is 0 Å². The van der Waals surface area contributed by atoms with E-state index < -0.39 is 0 Å². The Bertz CT molecular complexity index is 505. The third-order valence-corrected chi connectivity index (χ3v) is 4.30. The smallest absolute Gasteiger partial charge is 0.100 e. The molecule has 0 aromatic carbocycles. The van der Waals surface area contributed by atoms with E-state index in [1.165, 1.54) is 15.3 Å². The number of rotatable bonds is 4. The summed E-state index contributed by atoms with van der Waals surface area (Å²) in [5.41, 5.74) is 2.11. The van der Waals surface area contributed by atoms with Crippen LogP contribution in [0.25, 0.3) is 0 Å². The molecule has 0 bridgehead atoms. The zero-order valence-corrected chi connectivity index (χ0v) is 10.6. The second-order valence-corrected chi connectivity index (χ2v) is 5.54. The van der Waals surface area contributed by atoms with Crippen molar-refractivity contribution in [2.45, 2.75) is 20.0 Å². The summed E-state index contributed by atoms with van der Waals surface area (Å²) in [5, 5.41) is 16.1. The van der Waals surface area contributed by atoms with Crippen LogP contribution in [0.15, 0.2) is 22.9 Å². The van der Waals surface area contributed by atoms with Gasteiger partial charge in [-0.15, -0.1) is 22.7 Å². The maximum Gasteiger partial charge on any atom is 0.100 e. The molecule has 0 aliphatic rings. The predicted molar refractivity (Wildman–Crippen MR) is 68.6 cm³/mol. The molecule has 0 atom stereocenters. The molecule has 2 aromatic heterocycles. The quantitative estimate of drug-likeness (QED) is 0.901. The van der Waals surface area contributed by atoms with Gasteiger partial charge in [-0.05, 0) is 30.0 Å². The number of aryl methyl sites for hydroxylation is 1. The molecule has 2 heterocycles. The standard InChI is InChI=1S/C12H12N2S2/c1-9-2-3-15-12(9)7-14-6-11-4-10(5-13)8-16-11/h2-4,8,14H,6-7H2,1H3. The molecule has 82 valence electrons. The molecule has 0 spiro atoms. The van der Waals surface area contributed by atoms with E-state index in [4.69, 9.17) is 5.26 Å². The Morgan fingerprint density at radius 1 is 1.38 bits per heavy atom. The number of hydrogen-bond acceptors (Lipinski definition) is 4. The van der Waals surface area contributed by atoms with Crippen molar-refractivity contribution in [1.29, 1.82) is 5.26 Å². The van der Waals surface area contributed by atoms with Crippen molar-refractivity contribution >= 4 is 22.7 Å². The normalized spacial score (nSPS) is 10.2. The Morgan fingerprint density at radius 2 is 2.25 bits per heavy atom. The number of hydrogen-bond donors (Lipinski definition) is 1. The molecular formula is C12H12N2S2. The lowest BCUT2D eigenvalue weighted by Crippen LogP contribution is -2.11. The summed E-state index contributed by atoms with van der Waals surface area (Å²) in [5.74, 6) is 0. The fourth-order valence-corrected chi connectivity index (χ4v) is 3.07. The first-order valence-electron chi connectivity index (χ1n) is 5.01. The van der Waals surface area contributed by atoms with Crippen molar-refractivity contribution < 1.29 is 0 Å². The molecule has 0 amide bonds. The molecule has 0 unspecified atom stereocenters. The average molecular weight is 248 g/mol. The summed E-state index contributed by atoms with van der Waals surface area (Å²) in [6, 6.07) is 6.23. The summed E-state index contributed by atoms with van der Waals surface area (Å²) in [6.45, 7) is 3.87. The van der Waals surface area contributed by atoms with Crippen LogP contribution in [0.3, 0.4) is 0 Å². The highest BCUT2D eigenvalue weighted by Gasteiger charge is 2.01. The molecule has 4 heteroatoms. The van der Waals surface area contributed by atoms with Gasteiger partial charge in [-0.2, -0.15) is 5.26 Å². The molecule has 2 aromatic rings. The molecule has 0 radical (unpaired) electrons. The Balaban J connectivity index is 1.85. The predicted octanol–water partition coefficient (Wildman–Crippen LogP) is 3.28. The van der Waals surface area contributed by atoms with E-state index in [0.29, 0.717) is 0 Å². The number of nitrogens with zero attached hydrogens (tertiary/aromatic N) is 1. The fraction of sp³-hybridized carbons (Fsp3) is 0.250. The van der Waals surface area contributed by atoms with Crippen LogP contribution in [-0.2, 0) is 13.1 Å². The van der Waals surface area contributed by atoms with Gasteiger partial charge in [0.25, 0.3) is 0 Å². The van der Waals surface area contributed by atoms with Crippen LogP contribution < -0.4 is 5.32 Å². The van der Waals surface area contributed by atoms with Gasteiger partial charge in [0.05, 0.1) is 5.56 Å². The second kappa shape index (κ2) is 5.26. The van der Waals surface area contributed by atoms with Gasteiger partial charge in [0.2, 0.25) is 0 Å². The largest absolute Gasteiger partial charge is 0.307 e. The topological polar surface area (TPSA) is 35.8 Å². The maximum atomic E-state index is 8.70. The number of thiophene rings is 2. The SMILES string of the molecule is Cc1ccsc1CNCc1cc(C#N)cs1. The molecule has 0 aliphatic carbocycles. The van der Waals surface area contributed by atoms with E-state index in [1.54, 1.807) is 22.7 Å². The van der Waals surface area contributed by atoms with E-state index >= 15 is 0 Å². The monoisotopic (exact) mass is 248 g/mol. The van der Waals surface area contributed by atoms with Crippen LogP contribution in [0.5, 0.6) is 0 Å². The highest BCUT2D eigenvalue weighted by molar-refractivity contribution is 7.10. The second-order valence-electron chi connectivity index (χ2n) is 3.54. The Kier molecular flexibility index (Phi) is 3.73. The minimum absolute atomic E-state index is 0.758. The molecule has 2 nitrogen and oxygen atoms in total. The summed E-state index contributed by atoms with van der Waals surface area (Å²) in [7, 11) is 0. The van der Waals surface area contributed by atoms with Gasteiger partial charge in [0.15, 0.2) is 0 Å². The summed E-state index contributed by atoms with van der Waals surface area (Å²) >= 11 is 3.42. The zero-order valence-electron chi connectivity index (χ0n) is 8.99. The van der Waals surface area contributed by atoms with Crippen molar-refractivity contribution in [3.8, 4) is 6.07 Å². The van der Waals surface area contributed by atoms with Crippen LogP contribution in [-0.4, -0.2) is 0 Å². The number of nitrogens with one attached hydrogen (secondary N) is 1. The third-order valence-electron chi connectivity index (χ3n) is 2.34. The van der Waals surface area contributed by atoms with E-state index in [-0.39, 0.29) is 0 Å². The lowest BCUT2D eigenvalue weighted by molar-refractivity contribution is 0.706. The lowest BCUT2D eigenvalue weighted by atomic mass is 10.3. The maximum absolute atomic E-state index is 8.70. The average Bonchev–Trinajstić information content (AvgIpc) is 2.89. The molecular weight excluding hydrogens is 236 g/mol. The minimum atomic E-state index is 0.758. The number of nitriles is 1. The highest BCUT2D eigenvalue weighted by Crippen LogP contribution is 2.16. The Labute approximate surface area is 103 Å². The van der Waals surface area contributed by atoms with Crippen molar-refractivity contribution in [1.82, 2.24) is 5.32 Å². The third kappa shape index (κ3) is 2.70. The molecule has 1 N–H and O–H groups in total. The van der Waals surface area contributed by atoms with Crippen LogP contribution in [0.1, 0.15) is 20.9 Å². The van der Waals surface area contributed by atoms with Gasteiger partial charge >= 0.3 is 0 Å². The Morgan fingerprint density at radius 3 is 2.88 bits per heavy atom. The molecule has 0 fully saturated rings. The van der Waals surface area contributed by atoms with Gasteiger partial charge in [0, 0.05) is 28.2 Å². The molecule has 0 saturated carbocycles. The van der Waals surface area contributed by atoms with Crippen molar-refractivity contribution in [3.63, 3.8) is 0 Å². The van der Waals surface area contributed by atoms with Gasteiger partial charge in [-0.25, -0.2) is 0 Å². The summed E-state index contributed by atoms with van der Waals surface area (Å²) < 4.78 is 0. The van der Waals surface area contributed by atoms with Gasteiger partial charge in [-0.3, -0.25) is 0 Å². The highest BCUT2D eigenvalue weighted by atomic mass is 32.1. The van der Waals surface area contributed by atoms with E-state index in [9.17, 15) is 0 Å². The van der Waals surface area contributed by atoms with Crippen LogP contribution >= 0.6 is 22.7 Å². The van der Waals surface area contributed by atoms with Gasteiger partial charge < -0.3 is 5.32 Å². The Hall–Kier alpha value is -1.15. The molecule has 0 saturated heterocycles. The fourth-order valence-electron chi connectivity index (χ4n) is 1.42. The van der Waals surface area contributed by atoms with Crippen molar-refractivity contribution in [2.24, 2.45) is 0 Å². The molecule has 2 rings (SSSR count). The van der Waals surface area contributed by atoms with E-state index in [2.05, 4.69) is 29.8 Å². The van der Waals surface area contributed by atoms with E-state index in [1.807, 2.05) is 11.4 Å². The van der Waals surface area contributed by atoms with Crippen molar-refractivity contribution in [2.75, 3.05) is 0 Å². The summed E-state index contributed by atoms with van der Waals surface area (Å²) in [4.78, 5) is 2.60. The lowest BCUT2D eigenvalue weighted by Gasteiger charge is -2.01. The van der Waals surface area contributed by atoms with Crippen LogP contribution in [0.4, 0.5) is 0 Å². The first kappa shape index (κ1) is 11.3. The first-order valence-corrected chi connectivity index (χ1v) is 6.76. The minimum Gasteiger partial charge on any atom is -0.307 e. The van der Waals surface area contributed by atoms with Gasteiger partial charge in [-0.1, -0.05) is 0 Å². The van der Waals surface area contributed by atoms with Crippen LogP contribution in [0, 0.1) is 18.3 Å². The molecule has 16 heavy (non-hydrogen) atoms. The molecule has 0 aliphatic heterocycles.